The molecular formula is C19H18N4O2S. The summed E-state index contributed by atoms with van der Waals surface area (Å²) in [6.45, 7) is 2.72. The lowest BCUT2D eigenvalue weighted by Crippen LogP contribution is -2.35. The first-order valence-electron chi connectivity index (χ1n) is 8.56. The summed E-state index contributed by atoms with van der Waals surface area (Å²) in [7, 11) is 0. The Hall–Kier alpha value is -2.80. The molecule has 1 N–H and O–H groups in total. The highest BCUT2D eigenvalue weighted by molar-refractivity contribution is 7.00. The maximum Gasteiger partial charge on any atom is 0.255 e. The van der Waals surface area contributed by atoms with Gasteiger partial charge in [0.25, 0.3) is 5.91 Å². The quantitative estimate of drug-likeness (QED) is 0.766. The highest BCUT2D eigenvalue weighted by Crippen LogP contribution is 2.27. The van der Waals surface area contributed by atoms with E-state index in [0.29, 0.717) is 17.7 Å². The maximum atomic E-state index is 12.5. The molecule has 132 valence electrons. The number of carbonyl (C=O) groups is 2. The number of rotatable bonds is 3. The fourth-order valence-electron chi connectivity index (χ4n) is 3.22. The molecule has 2 heterocycles. The van der Waals surface area contributed by atoms with Gasteiger partial charge in [-0.2, -0.15) is 8.75 Å². The van der Waals surface area contributed by atoms with Gasteiger partial charge in [0.05, 0.1) is 11.7 Å². The molecule has 0 spiro atoms. The van der Waals surface area contributed by atoms with Gasteiger partial charge in [-0.1, -0.05) is 0 Å². The smallest absolute Gasteiger partial charge is 0.255 e. The van der Waals surface area contributed by atoms with Crippen molar-refractivity contribution >= 4 is 46.0 Å². The Bertz CT molecular complexity index is 998. The molecule has 0 saturated carbocycles. The molecule has 2 aromatic carbocycles. The zero-order valence-electron chi connectivity index (χ0n) is 14.4. The monoisotopic (exact) mass is 366 g/mol. The summed E-state index contributed by atoms with van der Waals surface area (Å²) in [5.74, 6) is -0.0255. The molecule has 0 radical (unpaired) electrons. The van der Waals surface area contributed by atoms with Crippen LogP contribution in [0.1, 0.15) is 35.2 Å². The van der Waals surface area contributed by atoms with E-state index >= 15 is 0 Å². The summed E-state index contributed by atoms with van der Waals surface area (Å²) in [6.07, 6.45) is 2.59. The maximum absolute atomic E-state index is 12.5. The number of aromatic nitrogens is 2. The normalized spacial score (nSPS) is 14.7. The molecule has 6 nitrogen and oxygen atoms in total. The predicted molar refractivity (Wildman–Crippen MR) is 103 cm³/mol. The lowest BCUT2D eigenvalue weighted by Gasteiger charge is -2.28. The van der Waals surface area contributed by atoms with Crippen molar-refractivity contribution in [2.24, 2.45) is 0 Å². The van der Waals surface area contributed by atoms with E-state index in [1.807, 2.05) is 30.0 Å². The van der Waals surface area contributed by atoms with Crippen LogP contribution in [0.3, 0.4) is 0 Å². The van der Waals surface area contributed by atoms with E-state index in [9.17, 15) is 9.59 Å². The molecule has 1 fully saturated rings. The van der Waals surface area contributed by atoms with Crippen LogP contribution in [0.25, 0.3) is 11.0 Å². The second kappa shape index (κ2) is 6.84. The fourth-order valence-corrected chi connectivity index (χ4v) is 3.74. The van der Waals surface area contributed by atoms with E-state index in [1.165, 1.54) is 0 Å². The van der Waals surface area contributed by atoms with Gasteiger partial charge >= 0.3 is 0 Å². The molecule has 2 amide bonds. The SMILES string of the molecule is Cc1cc(NC(=O)c2ccc3nsnc3c2)ccc1N1CCCCC1=O. The van der Waals surface area contributed by atoms with Gasteiger partial charge in [0.15, 0.2) is 0 Å². The highest BCUT2D eigenvalue weighted by atomic mass is 32.1. The second-order valence-electron chi connectivity index (χ2n) is 6.43. The molecule has 0 unspecified atom stereocenters. The standard InChI is InChI=1S/C19H18N4O2S/c1-12-10-14(6-8-17(12)23-9-3-2-4-18(23)24)20-19(25)13-5-7-15-16(11-13)22-26-21-15/h5-8,10-11H,2-4,9H2,1H3,(H,20,25). The van der Waals surface area contributed by atoms with Crippen LogP contribution >= 0.6 is 11.7 Å². The van der Waals surface area contributed by atoms with Crippen molar-refractivity contribution in [2.45, 2.75) is 26.2 Å². The van der Waals surface area contributed by atoms with Gasteiger partial charge in [0, 0.05) is 29.9 Å². The van der Waals surface area contributed by atoms with Crippen molar-refractivity contribution in [3.8, 4) is 0 Å². The third-order valence-electron chi connectivity index (χ3n) is 4.58. The van der Waals surface area contributed by atoms with Crippen molar-refractivity contribution in [1.82, 2.24) is 8.75 Å². The molecule has 1 aromatic heterocycles. The molecule has 0 bridgehead atoms. The van der Waals surface area contributed by atoms with E-state index in [2.05, 4.69) is 14.1 Å². The number of benzene rings is 2. The van der Waals surface area contributed by atoms with Crippen LogP contribution in [0.2, 0.25) is 0 Å². The number of hydrogen-bond donors (Lipinski definition) is 1. The first-order chi connectivity index (χ1) is 12.6. The van der Waals surface area contributed by atoms with Gasteiger partial charge in [-0.3, -0.25) is 9.59 Å². The van der Waals surface area contributed by atoms with Crippen LogP contribution in [-0.4, -0.2) is 27.1 Å². The van der Waals surface area contributed by atoms with Crippen LogP contribution in [-0.2, 0) is 4.79 Å². The second-order valence-corrected chi connectivity index (χ2v) is 6.95. The van der Waals surface area contributed by atoms with Gasteiger partial charge in [-0.25, -0.2) is 0 Å². The summed E-state index contributed by atoms with van der Waals surface area (Å²) in [4.78, 5) is 26.5. The average Bonchev–Trinajstić information content (AvgIpc) is 3.10. The molecule has 1 saturated heterocycles. The Morgan fingerprint density at radius 1 is 1.12 bits per heavy atom. The van der Waals surface area contributed by atoms with Crippen molar-refractivity contribution < 1.29 is 9.59 Å². The van der Waals surface area contributed by atoms with Crippen molar-refractivity contribution in [2.75, 3.05) is 16.8 Å². The number of fused-ring (bicyclic) bond motifs is 1. The minimum absolute atomic E-state index is 0.168. The molecular weight excluding hydrogens is 348 g/mol. The van der Waals surface area contributed by atoms with Crippen LogP contribution in [0.5, 0.6) is 0 Å². The summed E-state index contributed by atoms with van der Waals surface area (Å²) >= 11 is 1.13. The topological polar surface area (TPSA) is 75.2 Å². The highest BCUT2D eigenvalue weighted by Gasteiger charge is 2.21. The Morgan fingerprint density at radius 2 is 1.96 bits per heavy atom. The molecule has 7 heteroatoms. The van der Waals surface area contributed by atoms with E-state index in [1.54, 1.807) is 18.2 Å². The lowest BCUT2D eigenvalue weighted by molar-refractivity contribution is -0.119. The first-order valence-corrected chi connectivity index (χ1v) is 9.29. The number of hydrogen-bond acceptors (Lipinski definition) is 5. The van der Waals surface area contributed by atoms with Gasteiger partial charge in [0.2, 0.25) is 5.91 Å². The van der Waals surface area contributed by atoms with Crippen LogP contribution < -0.4 is 10.2 Å². The summed E-state index contributed by atoms with van der Waals surface area (Å²) in [5.41, 5.74) is 4.64. The number of piperidine rings is 1. The van der Waals surface area contributed by atoms with Crippen LogP contribution in [0, 0.1) is 6.92 Å². The van der Waals surface area contributed by atoms with Crippen LogP contribution in [0.4, 0.5) is 11.4 Å². The minimum atomic E-state index is -0.193. The molecule has 1 aliphatic rings. The number of carbonyl (C=O) groups excluding carboxylic acids is 2. The molecule has 4 rings (SSSR count). The average molecular weight is 366 g/mol. The Balaban J connectivity index is 1.53. The van der Waals surface area contributed by atoms with E-state index < -0.39 is 0 Å². The number of amides is 2. The fraction of sp³-hybridized carbons (Fsp3) is 0.263. The van der Waals surface area contributed by atoms with E-state index in [0.717, 1.165) is 53.4 Å². The number of anilines is 2. The third kappa shape index (κ3) is 3.17. The van der Waals surface area contributed by atoms with Gasteiger partial charge in [0.1, 0.15) is 11.0 Å². The Labute approximate surface area is 155 Å². The Morgan fingerprint density at radius 3 is 2.77 bits per heavy atom. The minimum Gasteiger partial charge on any atom is -0.322 e. The van der Waals surface area contributed by atoms with Crippen molar-refractivity contribution in [3.05, 3.63) is 47.5 Å². The van der Waals surface area contributed by atoms with Gasteiger partial charge in [-0.05, 0) is 61.7 Å². The van der Waals surface area contributed by atoms with Gasteiger partial charge < -0.3 is 10.2 Å². The molecule has 26 heavy (non-hydrogen) atoms. The number of nitrogens with one attached hydrogen (secondary N) is 1. The summed E-state index contributed by atoms with van der Waals surface area (Å²) < 4.78 is 8.31. The zero-order valence-corrected chi connectivity index (χ0v) is 15.2. The number of nitrogens with zero attached hydrogens (tertiary/aromatic N) is 3. The zero-order chi connectivity index (χ0) is 18.1. The lowest BCUT2D eigenvalue weighted by atomic mass is 10.1. The molecule has 3 aromatic rings. The van der Waals surface area contributed by atoms with Crippen LogP contribution in [0.15, 0.2) is 36.4 Å². The van der Waals surface area contributed by atoms with E-state index in [4.69, 9.17) is 0 Å². The molecule has 0 atom stereocenters. The largest absolute Gasteiger partial charge is 0.322 e. The van der Waals surface area contributed by atoms with Gasteiger partial charge in [-0.15, -0.1) is 0 Å². The summed E-state index contributed by atoms with van der Waals surface area (Å²) in [6, 6.07) is 10.9. The predicted octanol–water partition coefficient (Wildman–Crippen LogP) is 3.77. The summed E-state index contributed by atoms with van der Waals surface area (Å²) in [5, 5.41) is 2.91. The van der Waals surface area contributed by atoms with Crippen molar-refractivity contribution in [3.63, 3.8) is 0 Å². The first kappa shape index (κ1) is 16.7. The third-order valence-corrected chi connectivity index (χ3v) is 5.14. The van der Waals surface area contributed by atoms with Crippen molar-refractivity contribution in [1.29, 1.82) is 0 Å². The van der Waals surface area contributed by atoms with E-state index in [-0.39, 0.29) is 11.8 Å². The molecule has 1 aliphatic heterocycles. The molecule has 0 aliphatic carbocycles. The number of aryl methyl sites for hydroxylation is 1. The Kier molecular flexibility index (Phi) is 4.38.